The summed E-state index contributed by atoms with van der Waals surface area (Å²) in [5.74, 6) is 0.583. The van der Waals surface area contributed by atoms with Gasteiger partial charge in [0.1, 0.15) is 12.3 Å². The first kappa shape index (κ1) is 12.9. The Morgan fingerprint density at radius 1 is 1.37 bits per heavy atom. The Bertz CT molecular complexity index is 562. The zero-order valence-corrected chi connectivity index (χ0v) is 10.8. The molecule has 6 heteroatoms. The Kier molecular flexibility index (Phi) is 4.02. The number of hydrogen-bond donors (Lipinski definition) is 2. The number of nitrogen functional groups attached to an aromatic ring is 1. The molecule has 0 aliphatic heterocycles. The number of hydrogen-bond acceptors (Lipinski definition) is 4. The minimum Gasteiger partial charge on any atom is -0.389 e. The molecule has 1 aromatic carbocycles. The van der Waals surface area contributed by atoms with Crippen LogP contribution in [0.25, 0.3) is 0 Å². The summed E-state index contributed by atoms with van der Waals surface area (Å²) < 4.78 is 1.82. The van der Waals surface area contributed by atoms with Gasteiger partial charge in [-0.05, 0) is 12.5 Å². The molecule has 0 spiro atoms. The fraction of sp³-hybridized carbons (Fsp3) is 0.231. The van der Waals surface area contributed by atoms with Gasteiger partial charge in [-0.15, -0.1) is 0 Å². The van der Waals surface area contributed by atoms with Gasteiger partial charge in [-0.1, -0.05) is 35.5 Å². The number of benzene rings is 1. The van der Waals surface area contributed by atoms with Crippen molar-refractivity contribution in [2.24, 2.45) is 10.9 Å². The number of aromatic nitrogens is 2. The number of nitrogens with two attached hydrogens (primary N) is 2. The van der Waals surface area contributed by atoms with Crippen LogP contribution in [-0.2, 0) is 18.0 Å². The highest BCUT2D eigenvalue weighted by Crippen LogP contribution is 2.09. The third-order valence-electron chi connectivity index (χ3n) is 2.69. The van der Waals surface area contributed by atoms with Crippen molar-refractivity contribution in [1.82, 2.24) is 9.55 Å². The molecule has 2 aromatic rings. The molecule has 0 aliphatic rings. The van der Waals surface area contributed by atoms with Crippen LogP contribution in [0.15, 0.2) is 41.8 Å². The predicted molar refractivity (Wildman–Crippen MR) is 74.3 cm³/mol. The minimum absolute atomic E-state index is 0.229. The van der Waals surface area contributed by atoms with Crippen LogP contribution < -0.4 is 11.5 Å². The maximum atomic E-state index is 5.86. The molecule has 0 saturated carbocycles. The second-order valence-corrected chi connectivity index (χ2v) is 4.00. The highest BCUT2D eigenvalue weighted by atomic mass is 16.6. The lowest BCUT2D eigenvalue weighted by Crippen LogP contribution is -2.20. The van der Waals surface area contributed by atoms with E-state index >= 15 is 0 Å². The average Bonchev–Trinajstić information content (AvgIpc) is 2.81. The third kappa shape index (κ3) is 3.04. The fourth-order valence-electron chi connectivity index (χ4n) is 1.71. The van der Waals surface area contributed by atoms with E-state index < -0.39 is 0 Å². The van der Waals surface area contributed by atoms with Crippen LogP contribution in [-0.4, -0.2) is 15.4 Å². The Morgan fingerprint density at radius 3 is 2.79 bits per heavy atom. The van der Waals surface area contributed by atoms with Gasteiger partial charge in [-0.3, -0.25) is 0 Å². The second kappa shape index (κ2) is 5.90. The maximum absolute atomic E-state index is 5.86. The van der Waals surface area contributed by atoms with Crippen molar-refractivity contribution < 1.29 is 4.84 Å². The van der Waals surface area contributed by atoms with Crippen molar-refractivity contribution in [2.75, 3.05) is 5.73 Å². The van der Waals surface area contributed by atoms with Gasteiger partial charge in [-0.25, -0.2) is 4.98 Å². The summed E-state index contributed by atoms with van der Waals surface area (Å²) in [6.45, 7) is 3.05. The number of anilines is 1. The fourth-order valence-corrected chi connectivity index (χ4v) is 1.71. The van der Waals surface area contributed by atoms with E-state index in [1.165, 1.54) is 0 Å². The van der Waals surface area contributed by atoms with E-state index in [-0.39, 0.29) is 5.84 Å². The van der Waals surface area contributed by atoms with Gasteiger partial charge in [-0.2, -0.15) is 0 Å². The number of imidazole rings is 1. The Hall–Kier alpha value is -2.50. The van der Waals surface area contributed by atoms with Gasteiger partial charge in [0.15, 0.2) is 11.7 Å². The first-order valence-electron chi connectivity index (χ1n) is 6.02. The summed E-state index contributed by atoms with van der Waals surface area (Å²) in [5, 5.41) is 3.88. The van der Waals surface area contributed by atoms with E-state index in [4.69, 9.17) is 16.3 Å². The number of aryl methyl sites for hydroxylation is 1. The maximum Gasteiger partial charge on any atom is 0.190 e. The molecule has 0 atom stereocenters. The zero-order chi connectivity index (χ0) is 13.7. The van der Waals surface area contributed by atoms with Crippen LogP contribution in [0.5, 0.6) is 0 Å². The predicted octanol–water partition coefficient (Wildman–Crippen LogP) is 1.32. The van der Waals surface area contributed by atoms with E-state index in [9.17, 15) is 0 Å². The second-order valence-electron chi connectivity index (χ2n) is 4.00. The minimum atomic E-state index is 0.229. The molecule has 0 radical (unpaired) electrons. The van der Waals surface area contributed by atoms with E-state index in [1.54, 1.807) is 6.33 Å². The molecule has 1 aromatic heterocycles. The van der Waals surface area contributed by atoms with Crippen LogP contribution in [0.3, 0.4) is 0 Å². The monoisotopic (exact) mass is 259 g/mol. The molecule has 0 amide bonds. The smallest absolute Gasteiger partial charge is 0.190 e. The van der Waals surface area contributed by atoms with Crippen LogP contribution in [0, 0.1) is 0 Å². The molecule has 6 nitrogen and oxygen atoms in total. The van der Waals surface area contributed by atoms with Crippen molar-refractivity contribution in [2.45, 2.75) is 20.1 Å². The van der Waals surface area contributed by atoms with Gasteiger partial charge in [0.05, 0.1) is 6.33 Å². The zero-order valence-electron chi connectivity index (χ0n) is 10.8. The van der Waals surface area contributed by atoms with Gasteiger partial charge < -0.3 is 20.9 Å². The molecular formula is C13H17N5O. The molecule has 0 aliphatic carbocycles. The Labute approximate surface area is 111 Å². The van der Waals surface area contributed by atoms with Gasteiger partial charge in [0.2, 0.25) is 0 Å². The largest absolute Gasteiger partial charge is 0.389 e. The lowest BCUT2D eigenvalue weighted by Gasteiger charge is -2.05. The number of rotatable bonds is 5. The highest BCUT2D eigenvalue weighted by Gasteiger charge is 2.11. The van der Waals surface area contributed by atoms with Crippen molar-refractivity contribution in [3.63, 3.8) is 0 Å². The summed E-state index contributed by atoms with van der Waals surface area (Å²) in [5.41, 5.74) is 13.2. The van der Waals surface area contributed by atoms with Crippen molar-refractivity contribution in [1.29, 1.82) is 0 Å². The van der Waals surface area contributed by atoms with Crippen molar-refractivity contribution >= 4 is 11.7 Å². The van der Waals surface area contributed by atoms with Crippen LogP contribution in [0.2, 0.25) is 0 Å². The molecule has 0 saturated heterocycles. The Balaban J connectivity index is 2.05. The summed E-state index contributed by atoms with van der Waals surface area (Å²) in [6, 6.07) is 9.74. The molecule has 2 rings (SSSR count). The number of oxime groups is 1. The first-order chi connectivity index (χ1) is 9.22. The lowest BCUT2D eigenvalue weighted by molar-refractivity contribution is 0.130. The summed E-state index contributed by atoms with van der Waals surface area (Å²) in [6.07, 6.45) is 1.63. The molecule has 0 bridgehead atoms. The number of nitrogens with zero attached hydrogens (tertiary/aromatic N) is 3. The molecule has 100 valence electrons. The number of amidine groups is 1. The van der Waals surface area contributed by atoms with Gasteiger partial charge in [0.25, 0.3) is 0 Å². The molecule has 0 fully saturated rings. The van der Waals surface area contributed by atoms with Crippen LogP contribution in [0.4, 0.5) is 5.82 Å². The molecule has 1 heterocycles. The lowest BCUT2D eigenvalue weighted by atomic mass is 10.2. The third-order valence-corrected chi connectivity index (χ3v) is 2.69. The highest BCUT2D eigenvalue weighted by molar-refractivity contribution is 5.99. The quantitative estimate of drug-likeness (QED) is 0.481. The van der Waals surface area contributed by atoms with E-state index in [0.29, 0.717) is 24.7 Å². The molecule has 19 heavy (non-hydrogen) atoms. The SMILES string of the molecule is CCn1cnc(N)c1/C(N)=N/OCc1ccccc1. The van der Waals surface area contributed by atoms with Crippen molar-refractivity contribution in [3.8, 4) is 0 Å². The standard InChI is InChI=1S/C13H17N5O/c1-2-18-9-16-12(14)11(18)13(15)17-19-8-10-6-4-3-5-7-10/h3-7,9H,2,8,14H2,1H3,(H2,15,17). The van der Waals surface area contributed by atoms with Gasteiger partial charge in [0, 0.05) is 6.54 Å². The topological polar surface area (TPSA) is 91.5 Å². The van der Waals surface area contributed by atoms with E-state index in [1.807, 2.05) is 41.8 Å². The van der Waals surface area contributed by atoms with E-state index in [2.05, 4.69) is 10.1 Å². The molecule has 4 N–H and O–H groups in total. The van der Waals surface area contributed by atoms with E-state index in [0.717, 1.165) is 5.56 Å². The molecule has 0 unspecified atom stereocenters. The summed E-state index contributed by atoms with van der Waals surface area (Å²) in [7, 11) is 0. The van der Waals surface area contributed by atoms with Crippen LogP contribution in [0.1, 0.15) is 18.2 Å². The summed E-state index contributed by atoms with van der Waals surface area (Å²) in [4.78, 5) is 9.23. The van der Waals surface area contributed by atoms with Crippen molar-refractivity contribution in [3.05, 3.63) is 47.9 Å². The first-order valence-corrected chi connectivity index (χ1v) is 6.02. The van der Waals surface area contributed by atoms with Crippen LogP contribution >= 0.6 is 0 Å². The Morgan fingerprint density at radius 2 is 2.11 bits per heavy atom. The normalized spacial score (nSPS) is 11.5. The van der Waals surface area contributed by atoms with Gasteiger partial charge >= 0.3 is 0 Å². The molecular weight excluding hydrogens is 242 g/mol. The summed E-state index contributed by atoms with van der Waals surface area (Å²) >= 11 is 0. The average molecular weight is 259 g/mol.